The fraction of sp³-hybridized carbons (Fsp3) is 0.400. The average molecular weight is 242 g/mol. The van der Waals surface area contributed by atoms with Crippen molar-refractivity contribution in [1.29, 1.82) is 0 Å². The maximum absolute atomic E-state index is 5.32. The summed E-state index contributed by atoms with van der Waals surface area (Å²) in [6.07, 6.45) is 4.65. The van der Waals surface area contributed by atoms with Gasteiger partial charge in [0.2, 0.25) is 0 Å². The number of hydrogen-bond acceptors (Lipinski definition) is 2. The van der Waals surface area contributed by atoms with Crippen molar-refractivity contribution in [2.45, 2.75) is 31.8 Å². The molecule has 0 aliphatic heterocycles. The number of benzene rings is 1. The van der Waals surface area contributed by atoms with Crippen LogP contribution in [-0.4, -0.2) is 17.3 Å². The molecule has 3 heteroatoms. The van der Waals surface area contributed by atoms with Crippen LogP contribution in [0.5, 0.6) is 0 Å². The summed E-state index contributed by atoms with van der Waals surface area (Å²) in [5, 5.41) is 7.32. The molecule has 0 radical (unpaired) electrons. The van der Waals surface area contributed by atoms with E-state index >= 15 is 0 Å². The number of ether oxygens (including phenoxy) is 1. The SMILES string of the molecule is CO[C@@H](C)c1ccc(-c2cn[nH]c2C2CC2)cc1. The summed E-state index contributed by atoms with van der Waals surface area (Å²) in [7, 11) is 1.74. The van der Waals surface area contributed by atoms with E-state index < -0.39 is 0 Å². The average Bonchev–Trinajstić information content (AvgIpc) is 3.15. The topological polar surface area (TPSA) is 37.9 Å². The number of aromatic nitrogens is 2. The van der Waals surface area contributed by atoms with Gasteiger partial charge < -0.3 is 4.74 Å². The summed E-state index contributed by atoms with van der Waals surface area (Å²) >= 11 is 0. The standard InChI is InChI=1S/C15H18N2O/c1-10(18-2)11-3-5-12(6-4-11)14-9-16-17-15(14)13-7-8-13/h3-6,9-10,13H,7-8H2,1-2H3,(H,16,17)/t10-/m0/s1. The van der Waals surface area contributed by atoms with E-state index in [1.807, 2.05) is 6.20 Å². The van der Waals surface area contributed by atoms with Crippen LogP contribution in [0.1, 0.15) is 43.0 Å². The lowest BCUT2D eigenvalue weighted by atomic mass is 10.0. The molecule has 1 saturated carbocycles. The van der Waals surface area contributed by atoms with Crippen molar-refractivity contribution in [3.05, 3.63) is 41.7 Å². The summed E-state index contributed by atoms with van der Waals surface area (Å²) in [4.78, 5) is 0. The van der Waals surface area contributed by atoms with Gasteiger partial charge in [-0.3, -0.25) is 5.10 Å². The number of hydrogen-bond donors (Lipinski definition) is 1. The third-order valence-electron chi connectivity index (χ3n) is 3.70. The molecule has 1 aromatic carbocycles. The first-order valence-electron chi connectivity index (χ1n) is 6.46. The fourth-order valence-corrected chi connectivity index (χ4v) is 2.28. The van der Waals surface area contributed by atoms with Crippen molar-refractivity contribution in [2.24, 2.45) is 0 Å². The summed E-state index contributed by atoms with van der Waals surface area (Å²) < 4.78 is 5.32. The molecular formula is C15H18N2O. The van der Waals surface area contributed by atoms with Crippen LogP contribution >= 0.6 is 0 Å². The molecule has 1 N–H and O–H groups in total. The highest BCUT2D eigenvalue weighted by Gasteiger charge is 2.28. The lowest BCUT2D eigenvalue weighted by Gasteiger charge is -2.10. The number of aromatic amines is 1. The first-order valence-corrected chi connectivity index (χ1v) is 6.46. The summed E-state index contributed by atoms with van der Waals surface area (Å²) in [5.41, 5.74) is 4.98. The van der Waals surface area contributed by atoms with Crippen LogP contribution in [0.2, 0.25) is 0 Å². The second kappa shape index (κ2) is 4.58. The van der Waals surface area contributed by atoms with Crippen LogP contribution in [0.3, 0.4) is 0 Å². The molecule has 0 unspecified atom stereocenters. The lowest BCUT2D eigenvalue weighted by Crippen LogP contribution is -1.95. The minimum atomic E-state index is 0.145. The van der Waals surface area contributed by atoms with E-state index in [-0.39, 0.29) is 6.10 Å². The normalized spacial score (nSPS) is 16.8. The highest BCUT2D eigenvalue weighted by Crippen LogP contribution is 2.43. The van der Waals surface area contributed by atoms with Gasteiger partial charge in [0.1, 0.15) is 0 Å². The largest absolute Gasteiger partial charge is 0.377 e. The second-order valence-corrected chi connectivity index (χ2v) is 4.97. The van der Waals surface area contributed by atoms with Gasteiger partial charge in [0.15, 0.2) is 0 Å². The van der Waals surface area contributed by atoms with E-state index in [2.05, 4.69) is 41.4 Å². The molecule has 1 aliphatic rings. The van der Waals surface area contributed by atoms with Gasteiger partial charge in [-0.25, -0.2) is 0 Å². The Hall–Kier alpha value is -1.61. The minimum absolute atomic E-state index is 0.145. The van der Waals surface area contributed by atoms with Gasteiger partial charge in [0.05, 0.1) is 12.3 Å². The van der Waals surface area contributed by atoms with Crippen molar-refractivity contribution < 1.29 is 4.74 Å². The Morgan fingerprint density at radius 2 is 2.00 bits per heavy atom. The number of H-pyrrole nitrogens is 1. The second-order valence-electron chi connectivity index (χ2n) is 4.97. The third-order valence-corrected chi connectivity index (χ3v) is 3.70. The van der Waals surface area contributed by atoms with E-state index in [0.29, 0.717) is 5.92 Å². The number of nitrogens with one attached hydrogen (secondary N) is 1. The van der Waals surface area contributed by atoms with Crippen molar-refractivity contribution in [3.8, 4) is 11.1 Å². The van der Waals surface area contributed by atoms with E-state index in [1.165, 1.54) is 35.2 Å². The van der Waals surface area contributed by atoms with E-state index in [1.54, 1.807) is 7.11 Å². The first-order chi connectivity index (χ1) is 8.79. The van der Waals surface area contributed by atoms with Crippen LogP contribution in [0, 0.1) is 0 Å². The van der Waals surface area contributed by atoms with Crippen LogP contribution in [0.15, 0.2) is 30.5 Å². The zero-order valence-electron chi connectivity index (χ0n) is 10.8. The predicted molar refractivity (Wildman–Crippen MR) is 71.4 cm³/mol. The molecule has 94 valence electrons. The van der Waals surface area contributed by atoms with Gasteiger partial charge in [0.25, 0.3) is 0 Å². The molecule has 0 bridgehead atoms. The Kier molecular flexibility index (Phi) is 2.92. The molecule has 0 saturated heterocycles. The number of rotatable bonds is 4. The molecule has 3 nitrogen and oxygen atoms in total. The minimum Gasteiger partial charge on any atom is -0.377 e. The Morgan fingerprint density at radius 3 is 2.61 bits per heavy atom. The van der Waals surface area contributed by atoms with Gasteiger partial charge in [0, 0.05) is 24.3 Å². The zero-order valence-corrected chi connectivity index (χ0v) is 10.8. The zero-order chi connectivity index (χ0) is 12.5. The molecule has 2 aromatic rings. The van der Waals surface area contributed by atoms with Crippen LogP contribution in [0.4, 0.5) is 0 Å². The van der Waals surface area contributed by atoms with Gasteiger partial charge in [-0.15, -0.1) is 0 Å². The Labute approximate surface area is 107 Å². The summed E-state index contributed by atoms with van der Waals surface area (Å²) in [6, 6.07) is 8.57. The van der Waals surface area contributed by atoms with Crippen LogP contribution < -0.4 is 0 Å². The van der Waals surface area contributed by atoms with Crippen molar-refractivity contribution in [3.63, 3.8) is 0 Å². The van der Waals surface area contributed by atoms with Crippen LogP contribution in [-0.2, 0) is 4.74 Å². The van der Waals surface area contributed by atoms with Crippen molar-refractivity contribution >= 4 is 0 Å². The van der Waals surface area contributed by atoms with Gasteiger partial charge in [-0.2, -0.15) is 5.10 Å². The molecule has 0 spiro atoms. The summed E-state index contributed by atoms with van der Waals surface area (Å²) in [5.74, 6) is 0.695. The first kappa shape index (κ1) is 11.5. The molecule has 1 aromatic heterocycles. The fourth-order valence-electron chi connectivity index (χ4n) is 2.28. The van der Waals surface area contributed by atoms with Crippen molar-refractivity contribution in [2.75, 3.05) is 7.11 Å². The smallest absolute Gasteiger partial charge is 0.0793 e. The van der Waals surface area contributed by atoms with Gasteiger partial charge >= 0.3 is 0 Å². The number of methoxy groups -OCH3 is 1. The quantitative estimate of drug-likeness (QED) is 0.888. The van der Waals surface area contributed by atoms with Gasteiger partial charge in [-0.1, -0.05) is 24.3 Å². The molecule has 18 heavy (non-hydrogen) atoms. The van der Waals surface area contributed by atoms with E-state index in [9.17, 15) is 0 Å². The van der Waals surface area contributed by atoms with E-state index in [0.717, 1.165) is 0 Å². The van der Waals surface area contributed by atoms with Crippen molar-refractivity contribution in [1.82, 2.24) is 10.2 Å². The highest BCUT2D eigenvalue weighted by molar-refractivity contribution is 5.66. The molecule has 3 rings (SSSR count). The Balaban J connectivity index is 1.90. The predicted octanol–water partition coefficient (Wildman–Crippen LogP) is 3.66. The Bertz CT molecular complexity index is 526. The monoisotopic (exact) mass is 242 g/mol. The third kappa shape index (κ3) is 2.06. The molecule has 1 aliphatic carbocycles. The van der Waals surface area contributed by atoms with E-state index in [4.69, 9.17) is 4.74 Å². The Morgan fingerprint density at radius 1 is 1.28 bits per heavy atom. The van der Waals surface area contributed by atoms with Crippen LogP contribution in [0.25, 0.3) is 11.1 Å². The maximum Gasteiger partial charge on any atom is 0.0793 e. The molecule has 0 amide bonds. The summed E-state index contributed by atoms with van der Waals surface area (Å²) in [6.45, 7) is 2.06. The molecular weight excluding hydrogens is 224 g/mol. The lowest BCUT2D eigenvalue weighted by molar-refractivity contribution is 0.119. The number of nitrogens with zero attached hydrogens (tertiary/aromatic N) is 1. The highest BCUT2D eigenvalue weighted by atomic mass is 16.5. The molecule has 1 heterocycles. The molecule has 1 fully saturated rings. The maximum atomic E-state index is 5.32. The van der Waals surface area contributed by atoms with Gasteiger partial charge in [-0.05, 0) is 30.9 Å². The molecule has 1 atom stereocenters.